The molecule has 1 unspecified atom stereocenters. The molecule has 0 radical (unpaired) electrons. The summed E-state index contributed by atoms with van der Waals surface area (Å²) in [5.74, 6) is -3.83. The van der Waals surface area contributed by atoms with Gasteiger partial charge in [0, 0.05) is 19.9 Å². The van der Waals surface area contributed by atoms with Crippen LogP contribution in [0.1, 0.15) is 19.3 Å². The topological polar surface area (TPSA) is 136 Å². The van der Waals surface area contributed by atoms with Crippen molar-refractivity contribution in [1.29, 1.82) is 0 Å². The number of rotatable bonds is 5. The van der Waals surface area contributed by atoms with Crippen molar-refractivity contribution in [3.8, 4) is 0 Å². The van der Waals surface area contributed by atoms with Crippen molar-refractivity contribution in [3.05, 3.63) is 0 Å². The molecule has 9 heteroatoms. The zero-order chi connectivity index (χ0) is 14.6. The largest absolute Gasteiger partial charge is 0.481 e. The average molecular weight is 271 g/mol. The highest BCUT2D eigenvalue weighted by Crippen LogP contribution is 2.07. The van der Waals surface area contributed by atoms with Gasteiger partial charge in [-0.2, -0.15) is 5.10 Å². The number of amides is 2. The fourth-order valence-electron chi connectivity index (χ4n) is 1.45. The van der Waals surface area contributed by atoms with Gasteiger partial charge in [0.05, 0.1) is 6.42 Å². The number of carbonyl (C=O) groups is 4. The summed E-state index contributed by atoms with van der Waals surface area (Å²) in [6.07, 6.45) is -0.545. The van der Waals surface area contributed by atoms with Gasteiger partial charge in [-0.05, 0) is 0 Å². The Labute approximate surface area is 107 Å². The monoisotopic (exact) mass is 271 g/mol. The molecular formula is C10H13N3O6. The molecule has 0 aliphatic carbocycles. The average Bonchev–Trinajstić information content (AvgIpc) is 2.31. The maximum absolute atomic E-state index is 11.7. The zero-order valence-electron chi connectivity index (χ0n) is 10.1. The molecule has 0 saturated carbocycles. The molecule has 1 aliphatic rings. The van der Waals surface area contributed by atoms with Gasteiger partial charge in [-0.1, -0.05) is 0 Å². The van der Waals surface area contributed by atoms with Crippen LogP contribution in [-0.4, -0.2) is 57.8 Å². The lowest BCUT2D eigenvalue weighted by molar-refractivity contribution is -0.146. The Hall–Kier alpha value is -2.45. The summed E-state index contributed by atoms with van der Waals surface area (Å²) in [5, 5.41) is 24.1. The van der Waals surface area contributed by atoms with E-state index in [0.29, 0.717) is 0 Å². The molecule has 19 heavy (non-hydrogen) atoms. The third-order valence-corrected chi connectivity index (χ3v) is 2.45. The molecule has 0 saturated heterocycles. The van der Waals surface area contributed by atoms with E-state index < -0.39 is 30.3 Å². The van der Waals surface area contributed by atoms with Gasteiger partial charge in [-0.25, -0.2) is 9.80 Å². The van der Waals surface area contributed by atoms with Crippen molar-refractivity contribution in [3.63, 3.8) is 0 Å². The molecular weight excluding hydrogens is 258 g/mol. The summed E-state index contributed by atoms with van der Waals surface area (Å²) >= 11 is 0. The lowest BCUT2D eigenvalue weighted by atomic mass is 10.1. The fraction of sp³-hybridized carbons (Fsp3) is 0.500. The first kappa shape index (κ1) is 14.6. The fourth-order valence-corrected chi connectivity index (χ4v) is 1.45. The Morgan fingerprint density at radius 3 is 2.47 bits per heavy atom. The van der Waals surface area contributed by atoms with Gasteiger partial charge in [0.2, 0.25) is 5.91 Å². The van der Waals surface area contributed by atoms with E-state index in [1.807, 2.05) is 0 Å². The normalized spacial score (nSPS) is 16.6. The van der Waals surface area contributed by atoms with E-state index in [1.165, 1.54) is 7.05 Å². The third kappa shape index (κ3) is 4.05. The van der Waals surface area contributed by atoms with Gasteiger partial charge in [0.25, 0.3) is 5.91 Å². The highest BCUT2D eigenvalue weighted by Gasteiger charge is 2.27. The maximum atomic E-state index is 11.7. The summed E-state index contributed by atoms with van der Waals surface area (Å²) < 4.78 is 0. The van der Waals surface area contributed by atoms with Crippen LogP contribution < -0.4 is 5.32 Å². The molecule has 1 atom stereocenters. The van der Waals surface area contributed by atoms with Crippen molar-refractivity contribution in [2.24, 2.45) is 5.10 Å². The Kier molecular flexibility index (Phi) is 4.56. The zero-order valence-corrected chi connectivity index (χ0v) is 10.1. The van der Waals surface area contributed by atoms with Crippen molar-refractivity contribution >= 4 is 29.5 Å². The number of nitrogens with one attached hydrogen (secondary N) is 1. The quantitative estimate of drug-likeness (QED) is 0.564. The molecule has 0 fully saturated rings. The van der Waals surface area contributed by atoms with E-state index in [2.05, 4.69) is 10.4 Å². The second kappa shape index (κ2) is 5.94. The predicted molar refractivity (Wildman–Crippen MR) is 61.3 cm³/mol. The summed E-state index contributed by atoms with van der Waals surface area (Å²) in [5.41, 5.74) is -0.00117. The van der Waals surface area contributed by atoms with Crippen molar-refractivity contribution in [1.82, 2.24) is 10.3 Å². The van der Waals surface area contributed by atoms with E-state index in [9.17, 15) is 19.2 Å². The third-order valence-electron chi connectivity index (χ3n) is 2.45. The van der Waals surface area contributed by atoms with Crippen LogP contribution in [0.15, 0.2) is 5.10 Å². The van der Waals surface area contributed by atoms with E-state index in [0.717, 1.165) is 5.01 Å². The highest BCUT2D eigenvalue weighted by atomic mass is 16.4. The predicted octanol–water partition coefficient (Wildman–Crippen LogP) is -1.36. The van der Waals surface area contributed by atoms with E-state index in [-0.39, 0.29) is 24.5 Å². The molecule has 2 amide bonds. The molecule has 0 aromatic carbocycles. The molecule has 3 N–H and O–H groups in total. The number of carbonyl (C=O) groups excluding carboxylic acids is 2. The van der Waals surface area contributed by atoms with Crippen LogP contribution in [0.2, 0.25) is 0 Å². The van der Waals surface area contributed by atoms with Crippen molar-refractivity contribution < 1.29 is 29.4 Å². The van der Waals surface area contributed by atoms with Crippen molar-refractivity contribution in [2.45, 2.75) is 25.3 Å². The van der Waals surface area contributed by atoms with Gasteiger partial charge >= 0.3 is 11.9 Å². The molecule has 0 aromatic heterocycles. The van der Waals surface area contributed by atoms with Gasteiger partial charge in [0.15, 0.2) is 0 Å². The Balaban J connectivity index is 2.72. The van der Waals surface area contributed by atoms with Gasteiger partial charge in [-0.15, -0.1) is 0 Å². The number of hydrazone groups is 1. The number of nitrogens with zero attached hydrogens (tertiary/aromatic N) is 2. The van der Waals surface area contributed by atoms with Crippen LogP contribution in [0, 0.1) is 0 Å². The molecule has 1 heterocycles. The van der Waals surface area contributed by atoms with Crippen molar-refractivity contribution in [2.75, 3.05) is 7.05 Å². The second-order valence-electron chi connectivity index (χ2n) is 3.93. The number of carboxylic acid groups (broad SMARTS) is 2. The minimum Gasteiger partial charge on any atom is -0.481 e. The summed E-state index contributed by atoms with van der Waals surface area (Å²) in [4.78, 5) is 44.1. The second-order valence-corrected chi connectivity index (χ2v) is 3.93. The summed E-state index contributed by atoms with van der Waals surface area (Å²) in [6.45, 7) is 0. The molecule has 0 spiro atoms. The van der Waals surface area contributed by atoms with Gasteiger partial charge in [0.1, 0.15) is 11.8 Å². The maximum Gasteiger partial charge on any atom is 0.326 e. The van der Waals surface area contributed by atoms with Crippen LogP contribution in [0.3, 0.4) is 0 Å². The van der Waals surface area contributed by atoms with Crippen LogP contribution in [0.4, 0.5) is 0 Å². The molecule has 9 nitrogen and oxygen atoms in total. The first-order valence-electron chi connectivity index (χ1n) is 5.40. The van der Waals surface area contributed by atoms with Gasteiger partial charge < -0.3 is 15.5 Å². The molecule has 0 bridgehead atoms. The Morgan fingerprint density at radius 1 is 1.37 bits per heavy atom. The van der Waals surface area contributed by atoms with Crippen LogP contribution in [-0.2, 0) is 19.2 Å². The number of hydrogen-bond donors (Lipinski definition) is 3. The summed E-state index contributed by atoms with van der Waals surface area (Å²) in [7, 11) is 1.38. The Bertz CT molecular complexity index is 458. The van der Waals surface area contributed by atoms with Crippen LogP contribution >= 0.6 is 0 Å². The van der Waals surface area contributed by atoms with E-state index >= 15 is 0 Å². The molecule has 1 aliphatic heterocycles. The van der Waals surface area contributed by atoms with E-state index in [4.69, 9.17) is 10.2 Å². The SMILES string of the molecule is CN1N=C(C(=O)NC(CC(=O)O)C(=O)O)CCC1=O. The number of carboxylic acids is 2. The van der Waals surface area contributed by atoms with E-state index in [1.54, 1.807) is 0 Å². The first-order chi connectivity index (χ1) is 8.81. The number of aliphatic carboxylic acids is 2. The molecule has 1 rings (SSSR count). The minimum absolute atomic E-state index is 0.00117. The standard InChI is InChI=1S/C10H13N3O6/c1-13-7(14)3-2-5(12-13)9(17)11-6(10(18)19)4-8(15)16/h6H,2-4H2,1H3,(H,11,17)(H,15,16)(H,18,19). The minimum atomic E-state index is -1.53. The number of hydrogen-bond acceptors (Lipinski definition) is 5. The van der Waals surface area contributed by atoms with Crippen LogP contribution in [0.25, 0.3) is 0 Å². The Morgan fingerprint density at radius 2 is 2.00 bits per heavy atom. The lowest BCUT2D eigenvalue weighted by Crippen LogP contribution is -2.46. The lowest BCUT2D eigenvalue weighted by Gasteiger charge is -2.20. The molecule has 104 valence electrons. The first-order valence-corrected chi connectivity index (χ1v) is 5.40. The summed E-state index contributed by atoms with van der Waals surface area (Å²) in [6, 6.07) is -1.53. The smallest absolute Gasteiger partial charge is 0.326 e. The molecule has 0 aromatic rings. The van der Waals surface area contributed by atoms with Crippen LogP contribution in [0.5, 0.6) is 0 Å². The highest BCUT2D eigenvalue weighted by molar-refractivity contribution is 6.39. The van der Waals surface area contributed by atoms with Gasteiger partial charge in [-0.3, -0.25) is 14.4 Å².